The summed E-state index contributed by atoms with van der Waals surface area (Å²) >= 11 is 7.42. The van der Waals surface area contributed by atoms with Crippen molar-refractivity contribution in [1.82, 2.24) is 5.32 Å². The van der Waals surface area contributed by atoms with Crippen LogP contribution in [-0.2, 0) is 4.79 Å². The first kappa shape index (κ1) is 17.9. The maximum atomic E-state index is 12.4. The normalized spacial score (nSPS) is 13.4. The summed E-state index contributed by atoms with van der Waals surface area (Å²) in [4.78, 5) is 13.5. The monoisotopic (exact) mass is 347 g/mol. The molecule has 0 unspecified atom stereocenters. The average Bonchev–Trinajstić information content (AvgIpc) is 2.51. The predicted octanol–water partition coefficient (Wildman–Crippen LogP) is 5.31. The fourth-order valence-corrected chi connectivity index (χ4v) is 3.41. The number of aryl methyl sites for hydroxylation is 2. The van der Waals surface area contributed by atoms with E-state index in [-0.39, 0.29) is 17.2 Å². The van der Waals surface area contributed by atoms with E-state index in [1.165, 1.54) is 28.5 Å². The largest absolute Gasteiger partial charge is 0.349 e. The van der Waals surface area contributed by atoms with E-state index >= 15 is 0 Å². The van der Waals surface area contributed by atoms with Gasteiger partial charge >= 0.3 is 0 Å². The van der Waals surface area contributed by atoms with Crippen LogP contribution in [0.5, 0.6) is 0 Å². The Balaban J connectivity index is 2.00. The Labute approximate surface area is 147 Å². The minimum Gasteiger partial charge on any atom is -0.349 e. The van der Waals surface area contributed by atoms with Gasteiger partial charge in [0.1, 0.15) is 0 Å². The lowest BCUT2D eigenvalue weighted by atomic mass is 10.00. The second-order valence-corrected chi connectivity index (χ2v) is 7.65. The van der Waals surface area contributed by atoms with Gasteiger partial charge in [-0.25, -0.2) is 0 Å². The summed E-state index contributed by atoms with van der Waals surface area (Å²) in [6, 6.07) is 13.9. The van der Waals surface area contributed by atoms with Crippen molar-refractivity contribution in [2.45, 2.75) is 43.9 Å². The lowest BCUT2D eigenvalue weighted by Gasteiger charge is -2.20. The van der Waals surface area contributed by atoms with E-state index in [2.05, 4.69) is 37.4 Å². The molecule has 0 aliphatic rings. The molecule has 1 amide bonds. The number of rotatable bonds is 5. The molecule has 4 heteroatoms. The smallest absolute Gasteiger partial charge is 0.233 e. The van der Waals surface area contributed by atoms with E-state index in [9.17, 15) is 4.79 Å². The van der Waals surface area contributed by atoms with Gasteiger partial charge in [0.25, 0.3) is 0 Å². The minimum absolute atomic E-state index is 0.00401. The van der Waals surface area contributed by atoms with Crippen LogP contribution in [0.3, 0.4) is 0 Å². The summed E-state index contributed by atoms with van der Waals surface area (Å²) in [5.41, 5.74) is 3.57. The molecule has 0 bridgehead atoms. The molecule has 2 atom stereocenters. The van der Waals surface area contributed by atoms with Gasteiger partial charge < -0.3 is 5.32 Å². The summed E-state index contributed by atoms with van der Waals surface area (Å²) in [7, 11) is 0. The number of hydrogen-bond acceptors (Lipinski definition) is 2. The first-order valence-corrected chi connectivity index (χ1v) is 8.92. The molecule has 0 saturated carbocycles. The first-order chi connectivity index (χ1) is 10.9. The Bertz CT molecular complexity index is 684. The van der Waals surface area contributed by atoms with Crippen molar-refractivity contribution in [3.8, 4) is 0 Å². The molecule has 122 valence electrons. The molecule has 0 aromatic heterocycles. The maximum absolute atomic E-state index is 12.4. The topological polar surface area (TPSA) is 29.1 Å². The van der Waals surface area contributed by atoms with Gasteiger partial charge in [0, 0.05) is 9.92 Å². The molecular formula is C19H22ClNOS. The fourth-order valence-electron chi connectivity index (χ4n) is 2.41. The number of nitrogens with one attached hydrogen (secondary N) is 1. The molecule has 0 heterocycles. The van der Waals surface area contributed by atoms with Crippen molar-refractivity contribution in [1.29, 1.82) is 0 Å². The highest BCUT2D eigenvalue weighted by Gasteiger charge is 2.18. The van der Waals surface area contributed by atoms with Crippen LogP contribution in [0.4, 0.5) is 0 Å². The highest BCUT2D eigenvalue weighted by atomic mass is 35.5. The number of carbonyl (C=O) groups is 1. The summed E-state index contributed by atoms with van der Waals surface area (Å²) < 4.78 is 0. The number of thioether (sulfide) groups is 1. The molecule has 1 N–H and O–H groups in total. The summed E-state index contributed by atoms with van der Waals surface area (Å²) in [5.74, 6) is 0.0401. The molecule has 0 aliphatic heterocycles. The van der Waals surface area contributed by atoms with Crippen LogP contribution >= 0.6 is 23.4 Å². The van der Waals surface area contributed by atoms with Gasteiger partial charge in [-0.1, -0.05) is 35.4 Å². The Morgan fingerprint density at radius 1 is 1.09 bits per heavy atom. The molecule has 0 radical (unpaired) electrons. The summed E-state index contributed by atoms with van der Waals surface area (Å²) in [6.07, 6.45) is 0. The first-order valence-electron chi connectivity index (χ1n) is 7.66. The second-order valence-electron chi connectivity index (χ2n) is 5.80. The van der Waals surface area contributed by atoms with E-state index in [0.717, 1.165) is 4.90 Å². The second kappa shape index (κ2) is 7.89. The van der Waals surface area contributed by atoms with Crippen molar-refractivity contribution in [3.63, 3.8) is 0 Å². The molecule has 2 nitrogen and oxygen atoms in total. The van der Waals surface area contributed by atoms with Crippen LogP contribution in [-0.4, -0.2) is 11.2 Å². The van der Waals surface area contributed by atoms with Crippen molar-refractivity contribution in [2.75, 3.05) is 0 Å². The Morgan fingerprint density at radius 3 is 2.39 bits per heavy atom. The van der Waals surface area contributed by atoms with Crippen LogP contribution in [0.2, 0.25) is 5.02 Å². The van der Waals surface area contributed by atoms with Crippen LogP contribution in [0.25, 0.3) is 0 Å². The third-order valence-electron chi connectivity index (χ3n) is 3.76. The van der Waals surface area contributed by atoms with Crippen LogP contribution in [0, 0.1) is 13.8 Å². The number of halogens is 1. The van der Waals surface area contributed by atoms with Gasteiger partial charge in [-0.15, -0.1) is 11.8 Å². The van der Waals surface area contributed by atoms with Gasteiger partial charge in [-0.2, -0.15) is 0 Å². The molecular weight excluding hydrogens is 326 g/mol. The molecule has 0 saturated heterocycles. The van der Waals surface area contributed by atoms with Gasteiger partial charge in [0.05, 0.1) is 11.3 Å². The Kier molecular flexibility index (Phi) is 6.14. The van der Waals surface area contributed by atoms with Gasteiger partial charge in [0.15, 0.2) is 0 Å². The molecule has 2 aromatic carbocycles. The van der Waals surface area contributed by atoms with Crippen molar-refractivity contribution in [2.24, 2.45) is 0 Å². The van der Waals surface area contributed by atoms with Gasteiger partial charge in [-0.05, 0) is 63.1 Å². The number of hydrogen-bond donors (Lipinski definition) is 1. The lowest BCUT2D eigenvalue weighted by Crippen LogP contribution is -2.33. The molecule has 2 rings (SSSR count). The van der Waals surface area contributed by atoms with E-state index in [1.54, 1.807) is 0 Å². The zero-order chi connectivity index (χ0) is 17.0. The Hall–Kier alpha value is -1.45. The molecule has 0 fully saturated rings. The number of carbonyl (C=O) groups excluding carboxylic acids is 1. The van der Waals surface area contributed by atoms with Gasteiger partial charge in [-0.3, -0.25) is 4.79 Å². The SMILES string of the molecule is Cc1ccc(C)c([C@@H](C)NC(=O)[C@@H](C)Sc2ccc(Cl)cc2)c1. The third kappa shape index (κ3) is 5.02. The molecule has 0 aliphatic carbocycles. The van der Waals surface area contributed by atoms with E-state index < -0.39 is 0 Å². The van der Waals surface area contributed by atoms with E-state index in [4.69, 9.17) is 11.6 Å². The van der Waals surface area contributed by atoms with Crippen molar-refractivity contribution < 1.29 is 4.79 Å². The molecule has 0 spiro atoms. The summed E-state index contributed by atoms with van der Waals surface area (Å²) in [5, 5.41) is 3.65. The van der Waals surface area contributed by atoms with E-state index in [1.807, 2.05) is 38.1 Å². The zero-order valence-electron chi connectivity index (χ0n) is 13.9. The average molecular weight is 348 g/mol. The van der Waals surface area contributed by atoms with Crippen molar-refractivity contribution in [3.05, 3.63) is 64.2 Å². The van der Waals surface area contributed by atoms with E-state index in [0.29, 0.717) is 5.02 Å². The van der Waals surface area contributed by atoms with Crippen LogP contribution in [0.15, 0.2) is 47.4 Å². The minimum atomic E-state index is -0.163. The van der Waals surface area contributed by atoms with Crippen LogP contribution in [0.1, 0.15) is 36.6 Å². The van der Waals surface area contributed by atoms with Crippen LogP contribution < -0.4 is 5.32 Å². The number of benzene rings is 2. The highest BCUT2D eigenvalue weighted by Crippen LogP contribution is 2.26. The fraction of sp³-hybridized carbons (Fsp3) is 0.316. The maximum Gasteiger partial charge on any atom is 0.233 e. The summed E-state index contributed by atoms with van der Waals surface area (Å²) in [6.45, 7) is 8.09. The molecule has 23 heavy (non-hydrogen) atoms. The standard InChI is InChI=1S/C19H22ClNOS/c1-12-5-6-13(2)18(11-12)14(3)21-19(22)15(4)23-17-9-7-16(20)8-10-17/h5-11,14-15H,1-4H3,(H,21,22)/t14-,15-/m1/s1. The third-order valence-corrected chi connectivity index (χ3v) is 5.12. The van der Waals surface area contributed by atoms with Crippen molar-refractivity contribution >= 4 is 29.3 Å². The predicted molar refractivity (Wildman–Crippen MR) is 99.2 cm³/mol. The molecule has 2 aromatic rings. The number of amides is 1. The quantitative estimate of drug-likeness (QED) is 0.742. The van der Waals surface area contributed by atoms with Gasteiger partial charge in [0.2, 0.25) is 5.91 Å². The zero-order valence-corrected chi connectivity index (χ0v) is 15.5. The Morgan fingerprint density at radius 2 is 1.74 bits per heavy atom. The highest BCUT2D eigenvalue weighted by molar-refractivity contribution is 8.00. The lowest BCUT2D eigenvalue weighted by molar-refractivity contribution is -0.120.